The smallest absolute Gasteiger partial charge is 0.251 e. The molecular weight excluding hydrogens is 395 g/mol. The van der Waals surface area contributed by atoms with Crippen molar-refractivity contribution in [2.45, 2.75) is 17.7 Å². The number of primary amides is 1. The van der Waals surface area contributed by atoms with Gasteiger partial charge in [0.1, 0.15) is 10.8 Å². The highest BCUT2D eigenvalue weighted by Gasteiger charge is 2.16. The molecule has 3 rings (SSSR count). The molecule has 1 heterocycles. The van der Waals surface area contributed by atoms with Gasteiger partial charge < -0.3 is 11.1 Å². The lowest BCUT2D eigenvalue weighted by Crippen LogP contribution is -2.16. The van der Waals surface area contributed by atoms with E-state index in [0.29, 0.717) is 23.4 Å². The first-order valence-corrected chi connectivity index (χ1v) is 10.5. The topological polar surface area (TPSA) is 72.2 Å². The van der Waals surface area contributed by atoms with Gasteiger partial charge >= 0.3 is 0 Å². The summed E-state index contributed by atoms with van der Waals surface area (Å²) in [7, 11) is 0. The summed E-state index contributed by atoms with van der Waals surface area (Å²) >= 11 is 2.90. The van der Waals surface area contributed by atoms with Crippen molar-refractivity contribution in [3.63, 3.8) is 0 Å². The van der Waals surface area contributed by atoms with Gasteiger partial charge in [-0.3, -0.25) is 9.59 Å². The van der Waals surface area contributed by atoms with Crippen LogP contribution >= 0.6 is 23.1 Å². The molecule has 0 saturated carbocycles. The van der Waals surface area contributed by atoms with Gasteiger partial charge in [-0.2, -0.15) is 0 Å². The fraction of sp³-hybridized carbons (Fsp3) is 0.143. The Hall–Kier alpha value is -2.64. The summed E-state index contributed by atoms with van der Waals surface area (Å²) in [6, 6.07) is 17.6. The maximum Gasteiger partial charge on any atom is 0.251 e. The van der Waals surface area contributed by atoms with Gasteiger partial charge in [0, 0.05) is 16.2 Å². The maximum absolute atomic E-state index is 12.9. The molecule has 0 aliphatic carbocycles. The van der Waals surface area contributed by atoms with E-state index in [2.05, 4.69) is 5.32 Å². The summed E-state index contributed by atoms with van der Waals surface area (Å²) in [5, 5.41) is 3.28. The molecule has 3 N–H and O–H groups in total. The number of thiophene rings is 1. The highest BCUT2D eigenvalue weighted by atomic mass is 32.2. The van der Waals surface area contributed by atoms with Crippen LogP contribution in [0.2, 0.25) is 0 Å². The minimum atomic E-state index is -0.569. The highest BCUT2D eigenvalue weighted by molar-refractivity contribution is 7.99. The number of hydrogen-bond acceptors (Lipinski definition) is 4. The number of anilines is 1. The van der Waals surface area contributed by atoms with E-state index >= 15 is 0 Å². The van der Waals surface area contributed by atoms with Crippen LogP contribution in [-0.4, -0.2) is 17.6 Å². The molecule has 3 aromatic rings. The summed E-state index contributed by atoms with van der Waals surface area (Å²) in [6.07, 6.45) is 0.988. The second-order valence-electron chi connectivity index (χ2n) is 6.04. The molecule has 2 aromatic carbocycles. The summed E-state index contributed by atoms with van der Waals surface area (Å²) in [6.45, 7) is 0. The predicted octanol–water partition coefficient (Wildman–Crippen LogP) is 5.16. The lowest BCUT2D eigenvalue weighted by atomic mass is 10.1. The number of nitrogens with two attached hydrogens (primary N) is 1. The third-order valence-electron chi connectivity index (χ3n) is 3.94. The standard InChI is InChI=1S/C21H19FN2O2S2/c22-15-8-10-16(11-9-15)27-12-4-7-19(25)24-21-17(20(23)26)13-18(28-21)14-5-2-1-3-6-14/h1-3,5-6,8-11,13H,4,7,12H2,(H2,23,26)(H,24,25). The molecule has 7 heteroatoms. The molecule has 1 aromatic heterocycles. The predicted molar refractivity (Wildman–Crippen MR) is 113 cm³/mol. The second kappa shape index (κ2) is 9.52. The summed E-state index contributed by atoms with van der Waals surface area (Å²) < 4.78 is 12.9. The zero-order chi connectivity index (χ0) is 19.9. The number of halogens is 1. The Bertz CT molecular complexity index is 956. The molecule has 0 fully saturated rings. The van der Waals surface area contributed by atoms with E-state index in [1.54, 1.807) is 30.0 Å². The summed E-state index contributed by atoms with van der Waals surface area (Å²) in [4.78, 5) is 25.8. The van der Waals surface area contributed by atoms with Crippen LogP contribution in [0.25, 0.3) is 10.4 Å². The van der Waals surface area contributed by atoms with E-state index in [1.165, 1.54) is 23.5 Å². The van der Waals surface area contributed by atoms with Gasteiger partial charge in [-0.25, -0.2) is 4.39 Å². The van der Waals surface area contributed by atoms with Gasteiger partial charge in [0.15, 0.2) is 0 Å². The minimum absolute atomic E-state index is 0.163. The van der Waals surface area contributed by atoms with Crippen LogP contribution in [0.5, 0.6) is 0 Å². The molecule has 2 amide bonds. The van der Waals surface area contributed by atoms with Crippen LogP contribution in [-0.2, 0) is 4.79 Å². The lowest BCUT2D eigenvalue weighted by Gasteiger charge is -2.05. The summed E-state index contributed by atoms with van der Waals surface area (Å²) in [5.74, 6) is -0.259. The first-order chi connectivity index (χ1) is 13.5. The van der Waals surface area contributed by atoms with Gasteiger partial charge in [-0.05, 0) is 48.1 Å². The number of carbonyl (C=O) groups excluding carboxylic acids is 2. The SMILES string of the molecule is NC(=O)c1cc(-c2ccccc2)sc1NC(=O)CCCSc1ccc(F)cc1. The maximum atomic E-state index is 12.9. The third-order valence-corrected chi connectivity index (χ3v) is 6.14. The quantitative estimate of drug-likeness (QED) is 0.395. The molecule has 0 bridgehead atoms. The minimum Gasteiger partial charge on any atom is -0.366 e. The Morgan fingerprint density at radius 1 is 1.07 bits per heavy atom. The monoisotopic (exact) mass is 414 g/mol. The van der Waals surface area contributed by atoms with Gasteiger partial charge in [0.2, 0.25) is 5.91 Å². The molecule has 0 aliphatic heterocycles. The molecule has 0 spiro atoms. The molecule has 4 nitrogen and oxygen atoms in total. The van der Waals surface area contributed by atoms with E-state index in [1.807, 2.05) is 30.3 Å². The van der Waals surface area contributed by atoms with Crippen molar-refractivity contribution in [2.24, 2.45) is 5.73 Å². The number of rotatable bonds is 8. The first kappa shape index (κ1) is 20.1. The largest absolute Gasteiger partial charge is 0.366 e. The van der Waals surface area contributed by atoms with Crippen LogP contribution in [0.4, 0.5) is 9.39 Å². The van der Waals surface area contributed by atoms with Gasteiger partial charge in [-0.15, -0.1) is 23.1 Å². The Kier molecular flexibility index (Phi) is 6.84. The number of carbonyl (C=O) groups is 2. The lowest BCUT2D eigenvalue weighted by molar-refractivity contribution is -0.116. The van der Waals surface area contributed by atoms with Crippen LogP contribution in [0.1, 0.15) is 23.2 Å². The number of benzene rings is 2. The molecule has 0 unspecified atom stereocenters. The highest BCUT2D eigenvalue weighted by Crippen LogP contribution is 2.35. The van der Waals surface area contributed by atoms with Crippen molar-refractivity contribution in [3.05, 3.63) is 72.0 Å². The third kappa shape index (κ3) is 5.43. The first-order valence-electron chi connectivity index (χ1n) is 8.70. The van der Waals surface area contributed by atoms with E-state index in [-0.39, 0.29) is 11.7 Å². The van der Waals surface area contributed by atoms with Gasteiger partial charge in [0.05, 0.1) is 5.56 Å². The molecule has 144 valence electrons. The number of nitrogens with one attached hydrogen (secondary N) is 1. The van der Waals surface area contributed by atoms with Crippen LogP contribution < -0.4 is 11.1 Å². The van der Waals surface area contributed by atoms with Crippen molar-refractivity contribution in [3.8, 4) is 10.4 Å². The summed E-state index contributed by atoms with van der Waals surface area (Å²) in [5.41, 5.74) is 6.75. The Morgan fingerprint density at radius 2 is 1.79 bits per heavy atom. The second-order valence-corrected chi connectivity index (χ2v) is 8.26. The Morgan fingerprint density at radius 3 is 2.46 bits per heavy atom. The van der Waals surface area contributed by atoms with Crippen molar-refractivity contribution in [1.29, 1.82) is 0 Å². The van der Waals surface area contributed by atoms with Crippen molar-refractivity contribution >= 4 is 39.9 Å². The van der Waals surface area contributed by atoms with E-state index in [9.17, 15) is 14.0 Å². The molecule has 0 aliphatic rings. The Labute approximate surface area is 171 Å². The van der Waals surface area contributed by atoms with Gasteiger partial charge in [-0.1, -0.05) is 30.3 Å². The molecule has 28 heavy (non-hydrogen) atoms. The zero-order valence-electron chi connectivity index (χ0n) is 15.0. The Balaban J connectivity index is 1.56. The van der Waals surface area contributed by atoms with Gasteiger partial charge in [0.25, 0.3) is 5.91 Å². The average molecular weight is 415 g/mol. The normalized spacial score (nSPS) is 10.6. The van der Waals surface area contributed by atoms with E-state index < -0.39 is 5.91 Å². The molecular formula is C21H19FN2O2S2. The number of hydrogen-bond donors (Lipinski definition) is 2. The van der Waals surface area contributed by atoms with Crippen LogP contribution in [0, 0.1) is 5.82 Å². The van der Waals surface area contributed by atoms with Crippen LogP contribution in [0.3, 0.4) is 0 Å². The zero-order valence-corrected chi connectivity index (χ0v) is 16.6. The molecule has 0 saturated heterocycles. The van der Waals surface area contributed by atoms with Crippen molar-refractivity contribution in [1.82, 2.24) is 0 Å². The van der Waals surface area contributed by atoms with Crippen LogP contribution in [0.15, 0.2) is 65.6 Å². The molecule has 0 radical (unpaired) electrons. The average Bonchev–Trinajstić information content (AvgIpc) is 3.11. The van der Waals surface area contributed by atoms with E-state index in [4.69, 9.17) is 5.73 Å². The van der Waals surface area contributed by atoms with E-state index in [0.717, 1.165) is 21.1 Å². The number of thioether (sulfide) groups is 1. The molecule has 0 atom stereocenters. The number of amides is 2. The fourth-order valence-corrected chi connectivity index (χ4v) is 4.49. The van der Waals surface area contributed by atoms with Crippen molar-refractivity contribution in [2.75, 3.05) is 11.1 Å². The fourth-order valence-electron chi connectivity index (χ4n) is 2.55. The van der Waals surface area contributed by atoms with Crippen molar-refractivity contribution < 1.29 is 14.0 Å².